The molecule has 1 heterocycles. The highest BCUT2D eigenvalue weighted by molar-refractivity contribution is 7.88. The molecule has 3 rings (SSSR count). The van der Waals surface area contributed by atoms with Crippen LogP contribution in [0.4, 0.5) is 0 Å². The van der Waals surface area contributed by atoms with Gasteiger partial charge >= 0.3 is 0 Å². The number of sulfonamides is 1. The normalized spacial score (nSPS) is 16.0. The van der Waals surface area contributed by atoms with Gasteiger partial charge < -0.3 is 5.32 Å². The van der Waals surface area contributed by atoms with Gasteiger partial charge in [-0.25, -0.2) is 12.7 Å². The summed E-state index contributed by atoms with van der Waals surface area (Å²) in [6.07, 6.45) is 0.948. The van der Waals surface area contributed by atoms with Crippen molar-refractivity contribution < 1.29 is 13.2 Å². The Morgan fingerprint density at radius 3 is 2.34 bits per heavy atom. The van der Waals surface area contributed by atoms with Gasteiger partial charge in [0.15, 0.2) is 0 Å². The molecule has 9 heteroatoms. The zero-order valence-corrected chi connectivity index (χ0v) is 18.7. The van der Waals surface area contributed by atoms with Crippen LogP contribution in [-0.4, -0.2) is 31.7 Å². The second-order valence-corrected chi connectivity index (χ2v) is 10.2. The Balaban J connectivity index is 1.53. The second-order valence-electron chi connectivity index (χ2n) is 6.97. The maximum atomic E-state index is 12.7. The van der Waals surface area contributed by atoms with E-state index >= 15 is 0 Å². The lowest BCUT2D eigenvalue weighted by Crippen LogP contribution is -2.43. The highest BCUT2D eigenvalue weighted by atomic mass is 35.5. The molecule has 1 amide bonds. The van der Waals surface area contributed by atoms with Crippen molar-refractivity contribution in [3.05, 3.63) is 68.7 Å². The van der Waals surface area contributed by atoms with E-state index in [9.17, 15) is 13.2 Å². The molecule has 0 aromatic heterocycles. The molecule has 0 bridgehead atoms. The van der Waals surface area contributed by atoms with Crippen LogP contribution >= 0.6 is 34.8 Å². The first-order valence-corrected chi connectivity index (χ1v) is 11.9. The molecule has 1 aliphatic rings. The third-order valence-electron chi connectivity index (χ3n) is 4.98. The topological polar surface area (TPSA) is 66.5 Å². The van der Waals surface area contributed by atoms with E-state index in [-0.39, 0.29) is 17.6 Å². The third-order valence-corrected chi connectivity index (χ3v) is 7.77. The van der Waals surface area contributed by atoms with Crippen LogP contribution in [0.5, 0.6) is 0 Å². The summed E-state index contributed by atoms with van der Waals surface area (Å²) in [6.45, 7) is 0.960. The molecule has 0 aliphatic carbocycles. The van der Waals surface area contributed by atoms with E-state index < -0.39 is 10.0 Å². The highest BCUT2D eigenvalue weighted by Gasteiger charge is 2.31. The number of piperidine rings is 1. The molecule has 156 valence electrons. The molecule has 0 unspecified atom stereocenters. The van der Waals surface area contributed by atoms with E-state index in [1.54, 1.807) is 18.2 Å². The second kappa shape index (κ2) is 9.67. The van der Waals surface area contributed by atoms with E-state index in [0.29, 0.717) is 53.1 Å². The molecule has 0 spiro atoms. The van der Waals surface area contributed by atoms with Crippen LogP contribution in [0.15, 0.2) is 42.5 Å². The zero-order valence-electron chi connectivity index (χ0n) is 15.6. The maximum Gasteiger partial charge on any atom is 0.223 e. The van der Waals surface area contributed by atoms with Gasteiger partial charge in [0.1, 0.15) is 0 Å². The number of nitrogens with one attached hydrogen (secondary N) is 1. The average Bonchev–Trinajstić information content (AvgIpc) is 2.69. The first-order valence-electron chi connectivity index (χ1n) is 9.19. The molecular formula is C20H21Cl3N2O3S. The summed E-state index contributed by atoms with van der Waals surface area (Å²) in [6, 6.07) is 12.1. The molecule has 1 N–H and O–H groups in total. The molecule has 1 fully saturated rings. The number of hydrogen-bond acceptors (Lipinski definition) is 3. The molecule has 0 saturated carbocycles. The first-order chi connectivity index (χ1) is 13.8. The van der Waals surface area contributed by atoms with Crippen LogP contribution in [0.1, 0.15) is 24.0 Å². The summed E-state index contributed by atoms with van der Waals surface area (Å²) < 4.78 is 26.9. The number of carbonyl (C=O) groups excluding carboxylic acids is 1. The van der Waals surface area contributed by atoms with E-state index in [4.69, 9.17) is 34.8 Å². The number of hydrogen-bond donors (Lipinski definition) is 1. The Morgan fingerprint density at radius 1 is 1.00 bits per heavy atom. The molecule has 5 nitrogen and oxygen atoms in total. The SMILES string of the molecule is O=C(NCc1ccccc1Cl)C1CCN(S(=O)(=O)Cc2ccc(Cl)cc2Cl)CC1. The quantitative estimate of drug-likeness (QED) is 0.669. The monoisotopic (exact) mass is 474 g/mol. The van der Waals surface area contributed by atoms with Gasteiger partial charge in [-0.05, 0) is 42.2 Å². The Labute approximate surface area is 186 Å². The minimum Gasteiger partial charge on any atom is -0.352 e. The Hall–Kier alpha value is -1.31. The summed E-state index contributed by atoms with van der Waals surface area (Å²) in [4.78, 5) is 12.5. The van der Waals surface area contributed by atoms with Gasteiger partial charge in [0.25, 0.3) is 0 Å². The fourth-order valence-corrected chi connectivity index (χ4v) is 5.64. The summed E-state index contributed by atoms with van der Waals surface area (Å²) in [5.74, 6) is -0.488. The number of amides is 1. The minimum atomic E-state index is -3.53. The molecule has 0 atom stereocenters. The van der Waals surface area contributed by atoms with Gasteiger partial charge in [-0.1, -0.05) is 59.1 Å². The largest absolute Gasteiger partial charge is 0.352 e. The molecular weight excluding hydrogens is 455 g/mol. The molecule has 2 aromatic rings. The molecule has 1 saturated heterocycles. The number of benzene rings is 2. The number of nitrogens with zero attached hydrogens (tertiary/aromatic N) is 1. The lowest BCUT2D eigenvalue weighted by Gasteiger charge is -2.30. The van der Waals surface area contributed by atoms with Crippen LogP contribution < -0.4 is 5.32 Å². The molecule has 0 radical (unpaired) electrons. The van der Waals surface area contributed by atoms with Gasteiger partial charge in [0, 0.05) is 40.6 Å². The summed E-state index contributed by atoms with van der Waals surface area (Å²) in [5, 5.41) is 4.29. The zero-order chi connectivity index (χ0) is 21.0. The van der Waals surface area contributed by atoms with Crippen molar-refractivity contribution in [2.75, 3.05) is 13.1 Å². The van der Waals surface area contributed by atoms with Crippen molar-refractivity contribution in [2.45, 2.75) is 25.1 Å². The van der Waals surface area contributed by atoms with Crippen LogP contribution in [0.25, 0.3) is 0 Å². The van der Waals surface area contributed by atoms with Gasteiger partial charge in [-0.2, -0.15) is 0 Å². The standard InChI is InChI=1S/C20H21Cl3N2O3S/c21-17-6-5-16(19(23)11-17)13-29(27,28)25-9-7-14(8-10-25)20(26)24-12-15-3-1-2-4-18(15)22/h1-6,11,14H,7-10,12-13H2,(H,24,26). The first kappa shape index (κ1) is 22.4. The lowest BCUT2D eigenvalue weighted by atomic mass is 9.97. The Morgan fingerprint density at radius 2 is 1.69 bits per heavy atom. The summed E-state index contributed by atoms with van der Waals surface area (Å²) >= 11 is 18.1. The number of carbonyl (C=O) groups is 1. The van der Waals surface area contributed by atoms with Crippen LogP contribution in [0.2, 0.25) is 15.1 Å². The van der Waals surface area contributed by atoms with Crippen LogP contribution in [0, 0.1) is 5.92 Å². The number of rotatable bonds is 6. The Bertz CT molecular complexity index is 990. The van der Waals surface area contributed by atoms with Gasteiger partial charge in [0.2, 0.25) is 15.9 Å². The highest BCUT2D eigenvalue weighted by Crippen LogP contribution is 2.26. The van der Waals surface area contributed by atoms with Crippen molar-refractivity contribution in [1.82, 2.24) is 9.62 Å². The van der Waals surface area contributed by atoms with E-state index in [1.807, 2.05) is 18.2 Å². The van der Waals surface area contributed by atoms with Gasteiger partial charge in [-0.3, -0.25) is 4.79 Å². The predicted octanol–water partition coefficient (Wildman–Crippen LogP) is 4.51. The van der Waals surface area contributed by atoms with Crippen LogP contribution in [0.3, 0.4) is 0 Å². The average molecular weight is 476 g/mol. The Kier molecular flexibility index (Phi) is 7.46. The molecule has 29 heavy (non-hydrogen) atoms. The number of halogens is 3. The third kappa shape index (κ3) is 5.86. The smallest absolute Gasteiger partial charge is 0.223 e. The molecule has 1 aliphatic heterocycles. The van der Waals surface area contributed by atoms with Crippen LogP contribution in [-0.2, 0) is 27.1 Å². The summed E-state index contributed by atoms with van der Waals surface area (Å²) in [5.41, 5.74) is 1.36. The minimum absolute atomic E-state index is 0.0808. The lowest BCUT2D eigenvalue weighted by molar-refractivity contribution is -0.126. The van der Waals surface area contributed by atoms with Crippen molar-refractivity contribution >= 4 is 50.7 Å². The van der Waals surface area contributed by atoms with Gasteiger partial charge in [-0.15, -0.1) is 0 Å². The summed E-state index contributed by atoms with van der Waals surface area (Å²) in [7, 11) is -3.53. The fraction of sp³-hybridized carbons (Fsp3) is 0.350. The van der Waals surface area contributed by atoms with Crippen molar-refractivity contribution in [2.24, 2.45) is 5.92 Å². The van der Waals surface area contributed by atoms with E-state index in [2.05, 4.69) is 5.32 Å². The van der Waals surface area contributed by atoms with Crippen molar-refractivity contribution in [3.8, 4) is 0 Å². The van der Waals surface area contributed by atoms with Gasteiger partial charge in [0.05, 0.1) is 5.75 Å². The predicted molar refractivity (Wildman–Crippen MR) is 117 cm³/mol. The van der Waals surface area contributed by atoms with E-state index in [1.165, 1.54) is 10.4 Å². The molecule has 2 aromatic carbocycles. The van der Waals surface area contributed by atoms with E-state index in [0.717, 1.165) is 5.56 Å². The fourth-order valence-electron chi connectivity index (χ4n) is 3.29. The van der Waals surface area contributed by atoms with Crippen molar-refractivity contribution in [3.63, 3.8) is 0 Å². The van der Waals surface area contributed by atoms with Crippen molar-refractivity contribution in [1.29, 1.82) is 0 Å². The maximum absolute atomic E-state index is 12.7.